The smallest absolute Gasteiger partial charge is 0.338 e. The van der Waals surface area contributed by atoms with Crippen molar-refractivity contribution in [2.24, 2.45) is 0 Å². The Hall–Kier alpha value is -3.34. The van der Waals surface area contributed by atoms with Crippen LogP contribution >= 0.6 is 0 Å². The standard InChI is InChI=1S/C21H23N3O5/c1-14-18(15(2)29-24-14)11-27-17-7-5-16(6-8-17)20(26)28-12-19(25)23-21(13-22)9-3-4-10-21/h5-8H,3-4,9-12H2,1-2H3,(H,23,25). The van der Waals surface area contributed by atoms with Gasteiger partial charge in [-0.25, -0.2) is 4.79 Å². The largest absolute Gasteiger partial charge is 0.489 e. The van der Waals surface area contributed by atoms with Gasteiger partial charge in [0.15, 0.2) is 6.61 Å². The lowest BCUT2D eigenvalue weighted by molar-refractivity contribution is -0.125. The number of ether oxygens (including phenoxy) is 2. The SMILES string of the molecule is Cc1noc(C)c1COc1ccc(C(=O)OCC(=O)NC2(C#N)CCCC2)cc1. The van der Waals surface area contributed by atoms with Crippen molar-refractivity contribution in [3.05, 3.63) is 46.8 Å². The third kappa shape index (κ3) is 4.93. The highest BCUT2D eigenvalue weighted by Gasteiger charge is 2.35. The maximum Gasteiger partial charge on any atom is 0.338 e. The van der Waals surface area contributed by atoms with Crippen molar-refractivity contribution in [2.75, 3.05) is 6.61 Å². The van der Waals surface area contributed by atoms with Crippen molar-refractivity contribution < 1.29 is 23.6 Å². The fourth-order valence-electron chi connectivity index (χ4n) is 3.31. The number of amides is 1. The van der Waals surface area contributed by atoms with Gasteiger partial charge in [-0.05, 0) is 63.8 Å². The summed E-state index contributed by atoms with van der Waals surface area (Å²) in [5, 5.41) is 15.9. The maximum atomic E-state index is 12.2. The number of nitrogens with zero attached hydrogens (tertiary/aromatic N) is 2. The van der Waals surface area contributed by atoms with Crippen LogP contribution < -0.4 is 10.1 Å². The lowest BCUT2D eigenvalue weighted by Crippen LogP contribution is -2.46. The molecule has 29 heavy (non-hydrogen) atoms. The first kappa shape index (κ1) is 20.4. The minimum absolute atomic E-state index is 0.304. The Morgan fingerprint density at radius 3 is 2.52 bits per heavy atom. The van der Waals surface area contributed by atoms with E-state index in [1.165, 1.54) is 0 Å². The van der Waals surface area contributed by atoms with Gasteiger partial charge >= 0.3 is 5.97 Å². The molecule has 8 nitrogen and oxygen atoms in total. The summed E-state index contributed by atoms with van der Waals surface area (Å²) in [4.78, 5) is 24.2. The van der Waals surface area contributed by atoms with E-state index >= 15 is 0 Å². The van der Waals surface area contributed by atoms with Crippen LogP contribution in [0.5, 0.6) is 5.75 Å². The predicted octanol–water partition coefficient (Wildman–Crippen LogP) is 2.98. The summed E-state index contributed by atoms with van der Waals surface area (Å²) in [5.74, 6) is 0.198. The second kappa shape index (κ2) is 8.78. The number of nitriles is 1. The van der Waals surface area contributed by atoms with Gasteiger partial charge in [0.05, 0.1) is 22.9 Å². The number of carbonyl (C=O) groups is 2. The number of aryl methyl sites for hydroxylation is 2. The highest BCUT2D eigenvalue weighted by atomic mass is 16.5. The van der Waals surface area contributed by atoms with Crippen molar-refractivity contribution in [3.8, 4) is 11.8 Å². The van der Waals surface area contributed by atoms with E-state index in [1.54, 1.807) is 24.3 Å². The van der Waals surface area contributed by atoms with Crippen molar-refractivity contribution in [2.45, 2.75) is 51.7 Å². The molecule has 1 aliphatic carbocycles. The molecular weight excluding hydrogens is 374 g/mol. The number of hydrogen-bond donors (Lipinski definition) is 1. The monoisotopic (exact) mass is 397 g/mol. The molecule has 152 valence electrons. The topological polar surface area (TPSA) is 114 Å². The summed E-state index contributed by atoms with van der Waals surface area (Å²) < 4.78 is 15.8. The quantitative estimate of drug-likeness (QED) is 0.714. The molecule has 1 aromatic heterocycles. The number of esters is 1. The van der Waals surface area contributed by atoms with Crippen LogP contribution in [0.1, 0.15) is 53.1 Å². The molecule has 0 aliphatic heterocycles. The van der Waals surface area contributed by atoms with Gasteiger partial charge < -0.3 is 19.3 Å². The fourth-order valence-corrected chi connectivity index (χ4v) is 3.31. The number of benzene rings is 1. The van der Waals surface area contributed by atoms with Crippen molar-refractivity contribution in [1.82, 2.24) is 10.5 Å². The molecule has 3 rings (SSSR count). The summed E-state index contributed by atoms with van der Waals surface area (Å²) in [6.07, 6.45) is 3.05. The normalized spacial score (nSPS) is 14.8. The Bertz CT molecular complexity index is 901. The molecule has 1 fully saturated rings. The van der Waals surface area contributed by atoms with Crippen LogP contribution in [0.25, 0.3) is 0 Å². The summed E-state index contributed by atoms with van der Waals surface area (Å²) >= 11 is 0. The summed E-state index contributed by atoms with van der Waals surface area (Å²) in [6, 6.07) is 8.60. The van der Waals surface area contributed by atoms with Crippen LogP contribution in [-0.2, 0) is 16.1 Å². The molecule has 1 saturated carbocycles. The molecule has 1 heterocycles. The Balaban J connectivity index is 1.48. The third-order valence-corrected chi connectivity index (χ3v) is 5.04. The molecule has 0 bridgehead atoms. The predicted molar refractivity (Wildman–Crippen MR) is 102 cm³/mol. The number of nitrogens with one attached hydrogen (secondary N) is 1. The summed E-state index contributed by atoms with van der Waals surface area (Å²) in [7, 11) is 0. The van der Waals surface area contributed by atoms with Crippen LogP contribution in [0.2, 0.25) is 0 Å². The lowest BCUT2D eigenvalue weighted by Gasteiger charge is -2.21. The second-order valence-electron chi connectivity index (χ2n) is 7.14. The Morgan fingerprint density at radius 2 is 1.93 bits per heavy atom. The highest BCUT2D eigenvalue weighted by Crippen LogP contribution is 2.28. The van der Waals surface area contributed by atoms with Crippen molar-refractivity contribution in [1.29, 1.82) is 5.26 Å². The van der Waals surface area contributed by atoms with E-state index in [1.807, 2.05) is 13.8 Å². The molecular formula is C21H23N3O5. The van der Waals surface area contributed by atoms with Gasteiger partial charge in [-0.1, -0.05) is 5.16 Å². The van der Waals surface area contributed by atoms with E-state index < -0.39 is 24.0 Å². The average molecular weight is 397 g/mol. The number of hydrogen-bond acceptors (Lipinski definition) is 7. The molecule has 0 spiro atoms. The molecule has 0 atom stereocenters. The first-order valence-electron chi connectivity index (χ1n) is 9.46. The van der Waals surface area contributed by atoms with Gasteiger partial charge in [0, 0.05) is 0 Å². The lowest BCUT2D eigenvalue weighted by atomic mass is 10.00. The summed E-state index contributed by atoms with van der Waals surface area (Å²) in [5.41, 5.74) is 1.14. The molecule has 1 N–H and O–H groups in total. The average Bonchev–Trinajstić information content (AvgIpc) is 3.32. The zero-order valence-electron chi connectivity index (χ0n) is 16.5. The Labute approximate surface area is 168 Å². The molecule has 0 radical (unpaired) electrons. The van der Waals surface area contributed by atoms with Gasteiger partial charge in [0.1, 0.15) is 23.7 Å². The molecule has 1 amide bonds. The highest BCUT2D eigenvalue weighted by molar-refractivity contribution is 5.91. The Kier molecular flexibility index (Phi) is 6.17. The molecule has 1 aromatic carbocycles. The van der Waals surface area contributed by atoms with E-state index in [0.717, 1.165) is 24.1 Å². The first-order chi connectivity index (χ1) is 13.9. The number of aromatic nitrogens is 1. The van der Waals surface area contributed by atoms with Crippen LogP contribution in [0, 0.1) is 25.2 Å². The zero-order chi connectivity index (χ0) is 20.9. The van der Waals surface area contributed by atoms with E-state index in [4.69, 9.17) is 14.0 Å². The van der Waals surface area contributed by atoms with Crippen LogP contribution in [0.3, 0.4) is 0 Å². The van der Waals surface area contributed by atoms with Gasteiger partial charge in [0.2, 0.25) is 0 Å². The first-order valence-corrected chi connectivity index (χ1v) is 9.46. The van der Waals surface area contributed by atoms with E-state index in [0.29, 0.717) is 36.5 Å². The van der Waals surface area contributed by atoms with Crippen molar-refractivity contribution in [3.63, 3.8) is 0 Å². The molecule has 0 unspecified atom stereocenters. The van der Waals surface area contributed by atoms with Gasteiger partial charge in [-0.3, -0.25) is 4.79 Å². The second-order valence-corrected chi connectivity index (χ2v) is 7.14. The van der Waals surface area contributed by atoms with Crippen LogP contribution in [0.15, 0.2) is 28.8 Å². The Morgan fingerprint density at radius 1 is 1.24 bits per heavy atom. The van der Waals surface area contributed by atoms with E-state index in [2.05, 4.69) is 16.5 Å². The third-order valence-electron chi connectivity index (χ3n) is 5.04. The van der Waals surface area contributed by atoms with Crippen LogP contribution in [0.4, 0.5) is 0 Å². The zero-order valence-corrected chi connectivity index (χ0v) is 16.5. The molecule has 0 saturated heterocycles. The number of rotatable bonds is 7. The van der Waals surface area contributed by atoms with Crippen LogP contribution in [-0.4, -0.2) is 29.2 Å². The number of carbonyl (C=O) groups excluding carboxylic acids is 2. The minimum Gasteiger partial charge on any atom is -0.489 e. The summed E-state index contributed by atoms with van der Waals surface area (Å²) in [6.45, 7) is 3.55. The molecule has 1 aliphatic rings. The van der Waals surface area contributed by atoms with Gasteiger partial charge in [0.25, 0.3) is 5.91 Å². The fraction of sp³-hybridized carbons (Fsp3) is 0.429. The van der Waals surface area contributed by atoms with Crippen molar-refractivity contribution >= 4 is 11.9 Å². The molecule has 2 aromatic rings. The molecule has 8 heteroatoms. The maximum absolute atomic E-state index is 12.2. The van der Waals surface area contributed by atoms with E-state index in [-0.39, 0.29) is 0 Å². The van der Waals surface area contributed by atoms with Gasteiger partial charge in [-0.2, -0.15) is 5.26 Å². The van der Waals surface area contributed by atoms with E-state index in [9.17, 15) is 14.9 Å². The van der Waals surface area contributed by atoms with Gasteiger partial charge in [-0.15, -0.1) is 0 Å². The minimum atomic E-state index is -0.830.